The van der Waals surface area contributed by atoms with Crippen molar-refractivity contribution in [3.8, 4) is 0 Å². The van der Waals surface area contributed by atoms with Crippen LogP contribution in [0.4, 0.5) is 30.6 Å². The number of esters is 3. The van der Waals surface area contributed by atoms with Gasteiger partial charge in [0.05, 0.1) is 71.4 Å². The average molecular weight is 1500 g/mol. The van der Waals surface area contributed by atoms with Crippen molar-refractivity contribution in [2.45, 2.75) is 218 Å². The number of rotatable bonds is 8. The molecular weight excluding hydrogens is 1390 g/mol. The maximum atomic E-state index is 12.2. The van der Waals surface area contributed by atoms with Crippen LogP contribution < -0.4 is 17.1 Å². The van der Waals surface area contributed by atoms with Gasteiger partial charge in [0.15, 0.2) is 0 Å². The molecule has 15 rings (SSSR count). The number of benzene rings is 3. The molecule has 7 fully saturated rings. The smallest absolute Gasteiger partial charge is 0.410 e. The van der Waals surface area contributed by atoms with Crippen molar-refractivity contribution in [2.75, 3.05) is 72.8 Å². The Kier molecular flexibility index (Phi) is 30.1. The number of likely N-dealkylation sites (tertiary alicyclic amines) is 1. The summed E-state index contributed by atoms with van der Waals surface area (Å²) in [6.45, 7) is 16.6. The van der Waals surface area contributed by atoms with Crippen LogP contribution in [0.15, 0.2) is 94.3 Å². The minimum absolute atomic E-state index is 0.0161. The topological polar surface area (TPSA) is 354 Å². The third kappa shape index (κ3) is 19.5. The lowest BCUT2D eigenvalue weighted by atomic mass is 9.92. The first-order valence-electron chi connectivity index (χ1n) is 37.3. The lowest BCUT2D eigenvalue weighted by Crippen LogP contribution is -2.46. The Labute approximate surface area is 630 Å². The fraction of sp³-hybridized carbons (Fsp3) is 0.537. The highest BCUT2D eigenvalue weighted by atomic mass is 16.6. The summed E-state index contributed by atoms with van der Waals surface area (Å²) in [6.07, 6.45) is 18.8. The Morgan fingerprint density at radius 2 is 0.935 bits per heavy atom. The quantitative estimate of drug-likeness (QED) is 0.0716. The summed E-state index contributed by atoms with van der Waals surface area (Å²) in [5.41, 5.74) is 22.2. The number of carbonyl (C=O) groups is 9. The molecule has 11 aliphatic heterocycles. The van der Waals surface area contributed by atoms with E-state index < -0.39 is 11.6 Å². The van der Waals surface area contributed by atoms with Gasteiger partial charge in [0.1, 0.15) is 17.1 Å². The van der Waals surface area contributed by atoms with Gasteiger partial charge in [-0.05, 0) is 221 Å². The molecule has 4 aromatic rings. The van der Waals surface area contributed by atoms with E-state index in [4.69, 9.17) is 49.2 Å². The Hall–Kier alpha value is -10.3. The van der Waals surface area contributed by atoms with Crippen LogP contribution in [0.5, 0.6) is 0 Å². The predicted octanol–water partition coefficient (Wildman–Crippen LogP) is 11.4. The van der Waals surface area contributed by atoms with Crippen LogP contribution in [0.25, 0.3) is 0 Å². The van der Waals surface area contributed by atoms with Crippen molar-refractivity contribution in [1.29, 1.82) is 0 Å². The van der Waals surface area contributed by atoms with Crippen molar-refractivity contribution in [3.63, 3.8) is 0 Å². The molecule has 10 unspecified atom stereocenters. The monoisotopic (exact) mass is 1500 g/mol. The second kappa shape index (κ2) is 39.0. The van der Waals surface area contributed by atoms with Crippen LogP contribution in [0.1, 0.15) is 221 Å². The number of piperidine rings is 1. The maximum absolute atomic E-state index is 12.2. The number of amides is 5. The van der Waals surface area contributed by atoms with Crippen LogP contribution in [-0.4, -0.2) is 187 Å². The van der Waals surface area contributed by atoms with Crippen LogP contribution in [0, 0.1) is 0 Å². The van der Waals surface area contributed by atoms with E-state index in [1.807, 2.05) is 54.0 Å². The van der Waals surface area contributed by atoms with E-state index in [0.29, 0.717) is 86.7 Å². The van der Waals surface area contributed by atoms with E-state index in [1.54, 1.807) is 60.7 Å². The van der Waals surface area contributed by atoms with Crippen molar-refractivity contribution in [2.24, 2.45) is 0 Å². The number of ketones is 1. The molecule has 0 saturated carbocycles. The number of nitrogen functional groups attached to an aromatic ring is 2. The largest absolute Gasteiger partial charge is 0.466 e. The van der Waals surface area contributed by atoms with Crippen molar-refractivity contribution in [1.82, 2.24) is 29.4 Å². The van der Waals surface area contributed by atoms with Crippen LogP contribution in [0.3, 0.4) is 0 Å². The lowest BCUT2D eigenvalue weighted by molar-refractivity contribution is -0.191. The van der Waals surface area contributed by atoms with E-state index in [0.717, 1.165) is 100 Å². The Morgan fingerprint density at radius 3 is 1.36 bits per heavy atom. The average Bonchev–Trinajstić information content (AvgIpc) is 1.59. The number of nitrogens with two attached hydrogens (primary N) is 2. The van der Waals surface area contributed by atoms with Gasteiger partial charge < -0.3 is 58.8 Å². The number of Topliss-reactive ketones (excluding diaryl/α,β-unsaturated/α-hetero) is 1. The zero-order valence-corrected chi connectivity index (χ0v) is 63.7. The number of allylic oxidation sites excluding steroid dienone is 1. The molecular formula is C80H104N8O20. The summed E-state index contributed by atoms with van der Waals surface area (Å²) in [5, 5.41) is 0. The van der Waals surface area contributed by atoms with E-state index >= 15 is 0 Å². The molecule has 584 valence electrons. The molecule has 0 radical (unpaired) electrons. The van der Waals surface area contributed by atoms with E-state index in [-0.39, 0.29) is 102 Å². The normalized spacial score (nSPS) is 23.3. The second-order valence-corrected chi connectivity index (χ2v) is 27.8. The molecule has 7 saturated heterocycles. The first kappa shape index (κ1) is 83.3. The lowest BCUT2D eigenvalue weighted by Gasteiger charge is -2.35. The van der Waals surface area contributed by atoms with Gasteiger partial charge in [-0.1, -0.05) is 30.9 Å². The van der Waals surface area contributed by atoms with Gasteiger partial charge in [-0.25, -0.2) is 38.4 Å². The highest BCUT2D eigenvalue weighted by molar-refractivity contribution is 5.90. The van der Waals surface area contributed by atoms with Gasteiger partial charge in [0, 0.05) is 97.0 Å². The summed E-state index contributed by atoms with van der Waals surface area (Å²) >= 11 is 0. The Bertz CT molecular complexity index is 4040. The summed E-state index contributed by atoms with van der Waals surface area (Å²) in [4.78, 5) is 143. The minimum Gasteiger partial charge on any atom is -0.466 e. The van der Waals surface area contributed by atoms with Gasteiger partial charge >= 0.3 is 54.1 Å². The minimum atomic E-state index is -0.737. The molecule has 11 aliphatic rings. The van der Waals surface area contributed by atoms with Crippen LogP contribution in [-0.2, 0) is 82.8 Å². The highest BCUT2D eigenvalue weighted by Gasteiger charge is 2.48. The molecule has 10 bridgehead atoms. The van der Waals surface area contributed by atoms with Gasteiger partial charge in [-0.3, -0.25) is 29.2 Å². The number of methoxy groups -OCH3 is 3. The molecule has 3 aromatic carbocycles. The van der Waals surface area contributed by atoms with Gasteiger partial charge in [0.25, 0.3) is 0 Å². The third-order valence-electron chi connectivity index (χ3n) is 21.7. The molecule has 1 aromatic heterocycles. The number of anilines is 2. The molecule has 4 N–H and O–H groups in total. The number of nitrogens with zero attached hydrogens (tertiary/aromatic N) is 6. The zero-order valence-electron chi connectivity index (χ0n) is 63.7. The molecule has 10 atom stereocenters. The molecule has 108 heavy (non-hydrogen) atoms. The molecule has 12 heterocycles. The first-order valence-corrected chi connectivity index (χ1v) is 37.3. The highest BCUT2D eigenvalue weighted by Crippen LogP contribution is 2.48. The number of fused-ring (bicyclic) bond motifs is 18. The SMILES string of the molecule is C/C=C(\C)C(=O)OC.C=CN1CCCC1=O.CCOC(=O)N1C2CCC1CC(=O)C2.CCOC(=O)N1C2CCC1c1cc(C(=O)OC)c(=O)oc1C2.CCOC(=O)N1C2CCC1c1cc(C(=O)OC)ccc1C2.CCOC(=O)N1C2CCC1c1cc(N)ccc1C2.CN1C2CCC1c1cc(N)ccc1C2.O=C=O. The maximum Gasteiger partial charge on any atom is 0.410 e. The van der Waals surface area contributed by atoms with Crippen molar-refractivity contribution >= 4 is 71.5 Å². The molecule has 28 heteroatoms. The number of hydrogen-bond acceptors (Lipinski definition) is 23. The molecule has 0 spiro atoms. The van der Waals surface area contributed by atoms with Gasteiger partial charge in [-0.15, -0.1) is 0 Å². The summed E-state index contributed by atoms with van der Waals surface area (Å²) < 4.78 is 39.5. The van der Waals surface area contributed by atoms with Gasteiger partial charge in [-0.2, -0.15) is 9.59 Å². The number of likely N-dealkylation sites (N-methyl/N-ethyl adjacent to an activating group) is 1. The molecule has 28 nitrogen and oxygen atoms in total. The zero-order chi connectivity index (χ0) is 78.6. The Morgan fingerprint density at radius 1 is 0.528 bits per heavy atom. The summed E-state index contributed by atoms with van der Waals surface area (Å²) in [7, 11) is 6.19. The van der Waals surface area contributed by atoms with E-state index in [1.165, 1.54) is 74.5 Å². The fourth-order valence-electron chi connectivity index (χ4n) is 16.6. The van der Waals surface area contributed by atoms with Crippen LogP contribution >= 0.6 is 0 Å². The Balaban J connectivity index is 0.000000162. The summed E-state index contributed by atoms with van der Waals surface area (Å²) in [6, 6.07) is 21.6. The predicted molar refractivity (Wildman–Crippen MR) is 396 cm³/mol. The number of ether oxygens (including phenoxy) is 7. The second-order valence-electron chi connectivity index (χ2n) is 27.8. The fourth-order valence-corrected chi connectivity index (χ4v) is 16.6. The molecule has 0 aliphatic carbocycles. The first-order chi connectivity index (χ1) is 51.9. The third-order valence-corrected chi connectivity index (χ3v) is 21.7. The van der Waals surface area contributed by atoms with E-state index in [9.17, 15) is 47.9 Å². The van der Waals surface area contributed by atoms with Gasteiger partial charge in [0.2, 0.25) is 5.91 Å². The van der Waals surface area contributed by atoms with Crippen molar-refractivity contribution < 1.29 is 90.3 Å². The summed E-state index contributed by atoms with van der Waals surface area (Å²) in [5.74, 6) is -0.295. The van der Waals surface area contributed by atoms with Crippen LogP contribution in [0.2, 0.25) is 0 Å². The van der Waals surface area contributed by atoms with Crippen molar-refractivity contribution in [3.05, 3.63) is 151 Å². The number of carbonyl (C=O) groups excluding carboxylic acids is 11. The van der Waals surface area contributed by atoms with E-state index in [2.05, 4.69) is 46.2 Å². The number of hydrogen-bond donors (Lipinski definition) is 2. The molecule has 5 amide bonds. The standard InChI is InChI=1S/C16H19NO4.C15H17NO6.C14H18N2O2.C12H16N2.C10H15NO3.C6H9NO.C6H10O2.CO2/c1-3-21-16(19)17-12-6-7-14(17)13-9-11(15(18)20-2)5-4-10(13)8-12;1-3-21-15(19)16-8-4-5-11(16)9-7-10(13(17)20-2)14(18)22-12(9)6-8;1-2-18-14(17)16-11-5-6-13(16)12-8-10(15)4-3-9(12)7-11;1-14-10-4-5-12(14)11-7-9(13)3-2-8(11)6-10;1-2-14-10(13)11-7-3-4-8(11)6-9(12)5-7;1-2-7-5-3-4-6(7)8;1-4-5(2)6(7)8-3;2-1-3/h4-5,9,12,14H,3,6-8H2,1-2H3;7-8,11H,3-6H2,1-2H3;3-4,8,11,13H,2,5-7,15H2,1H3;2-3,7,10,12H,4-6,13H2,1H3;7-8H,2-6H2,1H3;2H,1,3-5H2;4H,1-3H3;/b;;;;;;5-4+;.